The highest BCUT2D eigenvalue weighted by Gasteiger charge is 2.23. The number of anilines is 1. The Labute approximate surface area is 106 Å². The molecule has 0 radical (unpaired) electrons. The van der Waals surface area contributed by atoms with E-state index in [-0.39, 0.29) is 11.4 Å². The van der Waals surface area contributed by atoms with Crippen molar-refractivity contribution in [2.45, 2.75) is 40.0 Å². The summed E-state index contributed by atoms with van der Waals surface area (Å²) in [6.45, 7) is 11.3. The minimum absolute atomic E-state index is 0.0312. The molecule has 17 heavy (non-hydrogen) atoms. The van der Waals surface area contributed by atoms with Crippen LogP contribution in [0.5, 0.6) is 0 Å². The summed E-state index contributed by atoms with van der Waals surface area (Å²) in [5.41, 5.74) is -0.0312. The Balaban J connectivity index is 2.90. The van der Waals surface area contributed by atoms with E-state index >= 15 is 0 Å². The molecule has 0 bridgehead atoms. The lowest BCUT2D eigenvalue weighted by atomic mass is 9.98. The molecule has 0 aliphatic rings. The van der Waals surface area contributed by atoms with Crippen LogP contribution in [0.3, 0.4) is 0 Å². The van der Waals surface area contributed by atoms with Crippen LogP contribution in [0.25, 0.3) is 0 Å². The Kier molecular flexibility index (Phi) is 4.45. The molecule has 0 spiro atoms. The van der Waals surface area contributed by atoms with E-state index in [1.54, 1.807) is 4.90 Å². The van der Waals surface area contributed by atoms with Crippen LogP contribution >= 0.6 is 11.3 Å². The number of rotatable bonds is 3. The lowest BCUT2D eigenvalue weighted by molar-refractivity contribution is 0.247. The van der Waals surface area contributed by atoms with Gasteiger partial charge in [-0.1, -0.05) is 32.1 Å². The number of amides is 2. The van der Waals surface area contributed by atoms with E-state index in [1.807, 2.05) is 13.8 Å². The summed E-state index contributed by atoms with van der Waals surface area (Å²) in [4.78, 5) is 13.4. The van der Waals surface area contributed by atoms with Gasteiger partial charge in [0.25, 0.3) is 0 Å². The molecule has 1 aromatic rings. The predicted molar refractivity (Wildman–Crippen MR) is 70.7 cm³/mol. The van der Waals surface area contributed by atoms with E-state index in [2.05, 4.69) is 36.3 Å². The molecule has 0 saturated heterocycles. The molecule has 0 fully saturated rings. The summed E-state index contributed by atoms with van der Waals surface area (Å²) in [6, 6.07) is -0.119. The summed E-state index contributed by atoms with van der Waals surface area (Å²) >= 11 is 1.47. The Morgan fingerprint density at radius 1 is 1.35 bits per heavy atom. The molecule has 6 heteroatoms. The minimum Gasteiger partial charge on any atom is -0.338 e. The van der Waals surface area contributed by atoms with Gasteiger partial charge in [-0.25, -0.2) is 4.79 Å². The summed E-state index contributed by atoms with van der Waals surface area (Å²) in [7, 11) is 0. The molecule has 1 rings (SSSR count). The average molecular weight is 256 g/mol. The minimum atomic E-state index is -0.119. The third kappa shape index (κ3) is 3.39. The number of urea groups is 1. The second kappa shape index (κ2) is 5.44. The molecule has 5 nitrogen and oxygen atoms in total. The Bertz CT molecular complexity index is 383. The van der Waals surface area contributed by atoms with Crippen LogP contribution in [0.15, 0.2) is 0 Å². The van der Waals surface area contributed by atoms with E-state index < -0.39 is 0 Å². The molecule has 0 aliphatic heterocycles. The largest absolute Gasteiger partial charge is 0.338 e. The molecule has 96 valence electrons. The maximum atomic E-state index is 11.8. The first-order valence-electron chi connectivity index (χ1n) is 5.79. The van der Waals surface area contributed by atoms with E-state index in [9.17, 15) is 4.79 Å². The molecule has 2 amide bonds. The number of carbonyl (C=O) groups is 1. The van der Waals surface area contributed by atoms with Crippen molar-refractivity contribution in [3.63, 3.8) is 0 Å². The molecule has 1 N–H and O–H groups in total. The topological polar surface area (TPSA) is 58.1 Å². The number of aromatic nitrogens is 2. The molecule has 0 aromatic carbocycles. The van der Waals surface area contributed by atoms with Crippen LogP contribution in [0.4, 0.5) is 9.93 Å². The van der Waals surface area contributed by atoms with Crippen molar-refractivity contribution < 1.29 is 4.79 Å². The SMILES string of the molecule is CCNC(=O)N(CC)c1nnc(C(C)(C)C)s1. The lowest BCUT2D eigenvalue weighted by Crippen LogP contribution is -2.39. The zero-order valence-electron chi connectivity index (χ0n) is 11.1. The van der Waals surface area contributed by atoms with E-state index in [0.29, 0.717) is 18.2 Å². The van der Waals surface area contributed by atoms with Gasteiger partial charge >= 0.3 is 6.03 Å². The highest BCUT2D eigenvalue weighted by molar-refractivity contribution is 7.15. The summed E-state index contributed by atoms with van der Waals surface area (Å²) in [6.07, 6.45) is 0. The van der Waals surface area contributed by atoms with Crippen molar-refractivity contribution in [1.29, 1.82) is 0 Å². The first kappa shape index (κ1) is 13.9. The van der Waals surface area contributed by atoms with Gasteiger partial charge in [0.15, 0.2) is 0 Å². The first-order valence-corrected chi connectivity index (χ1v) is 6.61. The Hall–Kier alpha value is -1.17. The highest BCUT2D eigenvalue weighted by atomic mass is 32.1. The van der Waals surface area contributed by atoms with Crippen molar-refractivity contribution in [1.82, 2.24) is 15.5 Å². The van der Waals surface area contributed by atoms with Crippen molar-refractivity contribution in [3.05, 3.63) is 5.01 Å². The van der Waals surface area contributed by atoms with Gasteiger partial charge in [-0.2, -0.15) is 0 Å². The van der Waals surface area contributed by atoms with E-state index in [1.165, 1.54) is 11.3 Å². The zero-order chi connectivity index (χ0) is 13.1. The van der Waals surface area contributed by atoms with Crippen molar-refractivity contribution in [2.24, 2.45) is 0 Å². The quantitative estimate of drug-likeness (QED) is 0.903. The van der Waals surface area contributed by atoms with Crippen molar-refractivity contribution in [3.8, 4) is 0 Å². The monoisotopic (exact) mass is 256 g/mol. The predicted octanol–water partition coefficient (Wildman–Crippen LogP) is 2.39. The number of carbonyl (C=O) groups excluding carboxylic acids is 1. The molecule has 0 aliphatic carbocycles. The fraction of sp³-hybridized carbons (Fsp3) is 0.727. The summed E-state index contributed by atoms with van der Waals surface area (Å²) in [5.74, 6) is 0. The van der Waals surface area contributed by atoms with Crippen molar-refractivity contribution in [2.75, 3.05) is 18.0 Å². The molecule has 0 unspecified atom stereocenters. The summed E-state index contributed by atoms with van der Waals surface area (Å²) in [5, 5.41) is 12.6. The fourth-order valence-corrected chi connectivity index (χ4v) is 2.20. The van der Waals surface area contributed by atoms with Crippen molar-refractivity contribution >= 4 is 22.5 Å². The van der Waals surface area contributed by atoms with Crippen LogP contribution in [0.2, 0.25) is 0 Å². The number of hydrogen-bond acceptors (Lipinski definition) is 4. The Morgan fingerprint density at radius 2 is 2.00 bits per heavy atom. The van der Waals surface area contributed by atoms with Gasteiger partial charge in [0.2, 0.25) is 5.13 Å². The van der Waals surface area contributed by atoms with Crippen LogP contribution < -0.4 is 10.2 Å². The molecule has 1 heterocycles. The smallest absolute Gasteiger partial charge is 0.323 e. The van der Waals surface area contributed by atoms with Crippen LogP contribution in [0.1, 0.15) is 39.6 Å². The van der Waals surface area contributed by atoms with Crippen LogP contribution in [-0.2, 0) is 5.41 Å². The van der Waals surface area contributed by atoms with Gasteiger partial charge in [-0.15, -0.1) is 10.2 Å². The molecule has 0 atom stereocenters. The second-order valence-electron chi connectivity index (χ2n) is 4.72. The van der Waals surface area contributed by atoms with E-state index in [0.717, 1.165) is 5.01 Å². The number of hydrogen-bond donors (Lipinski definition) is 1. The average Bonchev–Trinajstić information content (AvgIpc) is 2.68. The van der Waals surface area contributed by atoms with Gasteiger partial charge in [0.05, 0.1) is 0 Å². The molecule has 1 aromatic heterocycles. The third-order valence-corrected chi connectivity index (χ3v) is 3.55. The molecular weight excluding hydrogens is 236 g/mol. The second-order valence-corrected chi connectivity index (χ2v) is 5.68. The maximum Gasteiger partial charge on any atom is 0.323 e. The van der Waals surface area contributed by atoms with Gasteiger partial charge in [-0.05, 0) is 13.8 Å². The van der Waals surface area contributed by atoms with Crippen LogP contribution in [-0.4, -0.2) is 29.3 Å². The number of nitrogens with one attached hydrogen (secondary N) is 1. The standard InChI is InChI=1S/C11H20N4OS/c1-6-12-9(16)15(7-2)10-14-13-8(17-10)11(3,4)5/h6-7H2,1-5H3,(H,12,16). The fourth-order valence-electron chi connectivity index (χ4n) is 1.24. The highest BCUT2D eigenvalue weighted by Crippen LogP contribution is 2.29. The lowest BCUT2D eigenvalue weighted by Gasteiger charge is -2.17. The maximum absolute atomic E-state index is 11.8. The number of nitrogens with zero attached hydrogens (tertiary/aromatic N) is 3. The Morgan fingerprint density at radius 3 is 2.41 bits per heavy atom. The molecule has 0 saturated carbocycles. The van der Waals surface area contributed by atoms with Gasteiger partial charge < -0.3 is 5.32 Å². The van der Waals surface area contributed by atoms with Gasteiger partial charge in [-0.3, -0.25) is 4.90 Å². The zero-order valence-corrected chi connectivity index (χ0v) is 11.9. The van der Waals surface area contributed by atoms with Crippen LogP contribution in [0, 0.1) is 0 Å². The summed E-state index contributed by atoms with van der Waals surface area (Å²) < 4.78 is 0. The van der Waals surface area contributed by atoms with Gasteiger partial charge in [0.1, 0.15) is 5.01 Å². The first-order chi connectivity index (χ1) is 7.90. The molecular formula is C11H20N4OS. The third-order valence-electron chi connectivity index (χ3n) is 2.18. The normalized spacial score (nSPS) is 11.4. The van der Waals surface area contributed by atoms with E-state index in [4.69, 9.17) is 0 Å². The van der Waals surface area contributed by atoms with Gasteiger partial charge in [0, 0.05) is 18.5 Å².